The predicted octanol–water partition coefficient (Wildman–Crippen LogP) is 3.28. The highest BCUT2D eigenvalue weighted by atomic mass is 28.4. The van der Waals surface area contributed by atoms with E-state index in [4.69, 9.17) is 18.0 Å². The van der Waals surface area contributed by atoms with E-state index in [0.29, 0.717) is 50.0 Å². The van der Waals surface area contributed by atoms with Crippen LogP contribution in [0.3, 0.4) is 0 Å². The summed E-state index contributed by atoms with van der Waals surface area (Å²) < 4.78 is 26.4. The van der Waals surface area contributed by atoms with E-state index in [-0.39, 0.29) is 11.9 Å². The number of carbonyl (C=O) groups is 2. The molecule has 0 spiro atoms. The first-order valence-corrected chi connectivity index (χ1v) is 10.6. The second-order valence-corrected chi connectivity index (χ2v) is 8.01. The maximum absolute atomic E-state index is 11.2. The second-order valence-electron chi connectivity index (χ2n) is 5.27. The summed E-state index contributed by atoms with van der Waals surface area (Å²) >= 11 is 0. The van der Waals surface area contributed by atoms with E-state index >= 15 is 0 Å². The molecule has 0 aliphatic heterocycles. The molecule has 7 nitrogen and oxygen atoms in total. The topological polar surface area (TPSA) is 80.3 Å². The van der Waals surface area contributed by atoms with Gasteiger partial charge in [0.05, 0.1) is 13.7 Å². The molecule has 0 amide bonds. The molecule has 0 rings (SSSR count). The van der Waals surface area contributed by atoms with Crippen molar-refractivity contribution in [3.63, 3.8) is 0 Å². The van der Waals surface area contributed by atoms with Crippen LogP contribution in [0.2, 0.25) is 6.04 Å². The molecule has 0 aromatic carbocycles. The zero-order valence-electron chi connectivity index (χ0n) is 17.0. The van der Waals surface area contributed by atoms with Crippen molar-refractivity contribution >= 4 is 20.7 Å². The molecule has 0 aliphatic carbocycles. The Kier molecular flexibility index (Phi) is 16.2. The lowest BCUT2D eigenvalue weighted by Crippen LogP contribution is -2.46. The predicted molar refractivity (Wildman–Crippen MR) is 103 cm³/mol. The molecule has 0 aromatic heterocycles. The number of carbonyl (C=O) groups excluding carboxylic acids is 2. The molecule has 0 aliphatic rings. The van der Waals surface area contributed by atoms with Gasteiger partial charge in [0.15, 0.2) is 0 Å². The van der Waals surface area contributed by atoms with Gasteiger partial charge in [-0.3, -0.25) is 0 Å². The van der Waals surface area contributed by atoms with Gasteiger partial charge in [-0.25, -0.2) is 9.59 Å². The fourth-order valence-electron chi connectivity index (χ4n) is 1.75. The molecule has 0 radical (unpaired) electrons. The molecular formula is C18H34O7Si. The lowest BCUT2D eigenvalue weighted by Gasteiger charge is -2.28. The third-order valence-electron chi connectivity index (χ3n) is 2.84. The number of esters is 2. The Morgan fingerprint density at radius 1 is 0.846 bits per heavy atom. The van der Waals surface area contributed by atoms with Gasteiger partial charge >= 0.3 is 20.7 Å². The van der Waals surface area contributed by atoms with Crippen LogP contribution in [-0.4, -0.2) is 54.3 Å². The zero-order chi connectivity index (χ0) is 20.6. The lowest BCUT2D eigenvalue weighted by molar-refractivity contribution is -0.139. The van der Waals surface area contributed by atoms with Gasteiger partial charge in [0.2, 0.25) is 0 Å². The van der Waals surface area contributed by atoms with E-state index < -0.39 is 8.80 Å². The van der Waals surface area contributed by atoms with Crippen molar-refractivity contribution in [1.82, 2.24) is 0 Å². The van der Waals surface area contributed by atoms with Gasteiger partial charge in [0.1, 0.15) is 0 Å². The molecule has 26 heavy (non-hydrogen) atoms. The highest BCUT2D eigenvalue weighted by Crippen LogP contribution is 2.18. The molecule has 0 N–H and O–H groups in total. The maximum Gasteiger partial charge on any atom is 0.501 e. The Morgan fingerprint density at radius 2 is 1.27 bits per heavy atom. The van der Waals surface area contributed by atoms with Crippen molar-refractivity contribution in [3.8, 4) is 0 Å². The summed E-state index contributed by atoms with van der Waals surface area (Å²) in [5, 5.41) is 0. The summed E-state index contributed by atoms with van der Waals surface area (Å²) in [5.41, 5.74) is 0.838. The Hall–Kier alpha value is -1.48. The minimum absolute atomic E-state index is 0.327. The number of hydrogen-bond acceptors (Lipinski definition) is 7. The number of hydrogen-bond donors (Lipinski definition) is 0. The van der Waals surface area contributed by atoms with Gasteiger partial charge in [-0.1, -0.05) is 13.2 Å². The minimum atomic E-state index is -2.61. The summed E-state index contributed by atoms with van der Waals surface area (Å²) in [4.78, 5) is 21.4. The van der Waals surface area contributed by atoms with E-state index in [2.05, 4.69) is 17.9 Å². The first-order valence-electron chi connectivity index (χ1n) is 8.67. The molecule has 0 saturated carbocycles. The van der Waals surface area contributed by atoms with Crippen LogP contribution < -0.4 is 0 Å². The van der Waals surface area contributed by atoms with Crippen LogP contribution in [0, 0.1) is 0 Å². The molecule has 8 heteroatoms. The summed E-state index contributed by atoms with van der Waals surface area (Å²) in [6.07, 6.45) is 0.658. The first kappa shape index (κ1) is 26.7. The monoisotopic (exact) mass is 390 g/mol. The van der Waals surface area contributed by atoms with E-state index in [0.717, 1.165) is 0 Å². The second kappa shape index (κ2) is 15.7. The summed E-state index contributed by atoms with van der Waals surface area (Å²) in [7, 11) is -1.28. The quantitative estimate of drug-likeness (QED) is 0.219. The lowest BCUT2D eigenvalue weighted by atomic mass is 10.4. The molecule has 0 atom stereocenters. The van der Waals surface area contributed by atoms with Crippen LogP contribution in [0.5, 0.6) is 0 Å². The number of rotatable bonds is 12. The molecule has 0 bridgehead atoms. The number of methoxy groups -OCH3 is 1. The SMILES string of the molecule is C=C(C)C(=O)OC.C=C(C)C(=O)OCCC[Si](OCC)(OCC)OCC. The Bertz CT molecular complexity index is 432. The molecule has 0 fully saturated rings. The summed E-state index contributed by atoms with van der Waals surface area (Å²) in [5.74, 6) is -0.712. The van der Waals surface area contributed by atoms with Crippen LogP contribution in [0.15, 0.2) is 24.3 Å². The van der Waals surface area contributed by atoms with Gasteiger partial charge < -0.3 is 22.8 Å². The Balaban J connectivity index is 0. The molecule has 0 saturated heterocycles. The summed E-state index contributed by atoms with van der Waals surface area (Å²) in [6, 6.07) is 0.645. The third-order valence-corrected chi connectivity index (χ3v) is 5.99. The van der Waals surface area contributed by atoms with Gasteiger partial charge in [-0.15, -0.1) is 0 Å². The molecule has 0 heterocycles. The molecule has 0 unspecified atom stereocenters. The van der Waals surface area contributed by atoms with E-state index in [9.17, 15) is 9.59 Å². The van der Waals surface area contributed by atoms with Crippen molar-refractivity contribution in [3.05, 3.63) is 24.3 Å². The van der Waals surface area contributed by atoms with Crippen molar-refractivity contribution in [2.24, 2.45) is 0 Å². The number of ether oxygens (including phenoxy) is 2. The normalized spacial score (nSPS) is 10.4. The average molecular weight is 391 g/mol. The smallest absolute Gasteiger partial charge is 0.466 e. The molecule has 152 valence electrons. The standard InChI is InChI=1S/C13H26O5Si.C5H8O2/c1-6-16-19(17-7-2,18-8-3)11-9-10-15-13(14)12(4)5;1-4(2)5(6)7-3/h4,6-11H2,1-3,5H3;1H2,2-3H3. The zero-order valence-corrected chi connectivity index (χ0v) is 18.0. The van der Waals surface area contributed by atoms with E-state index in [1.54, 1.807) is 13.8 Å². The van der Waals surface area contributed by atoms with Crippen LogP contribution in [-0.2, 0) is 32.3 Å². The fourth-order valence-corrected chi connectivity index (χ4v) is 4.33. The average Bonchev–Trinajstić information content (AvgIpc) is 2.58. The fraction of sp³-hybridized carbons (Fsp3) is 0.667. The maximum atomic E-state index is 11.2. The first-order chi connectivity index (χ1) is 12.2. The van der Waals surface area contributed by atoms with E-state index in [1.165, 1.54) is 7.11 Å². The van der Waals surface area contributed by atoms with Crippen molar-refractivity contribution < 1.29 is 32.3 Å². The highest BCUT2D eigenvalue weighted by Gasteiger charge is 2.39. The van der Waals surface area contributed by atoms with Crippen molar-refractivity contribution in [2.75, 3.05) is 33.5 Å². The minimum Gasteiger partial charge on any atom is -0.466 e. The largest absolute Gasteiger partial charge is 0.501 e. The molecular weight excluding hydrogens is 356 g/mol. The van der Waals surface area contributed by atoms with Crippen LogP contribution in [0.1, 0.15) is 41.0 Å². The Labute approximate surface area is 158 Å². The van der Waals surface area contributed by atoms with Crippen LogP contribution in [0.25, 0.3) is 0 Å². The Morgan fingerprint density at radius 3 is 1.54 bits per heavy atom. The van der Waals surface area contributed by atoms with Gasteiger partial charge in [0.25, 0.3) is 0 Å². The van der Waals surface area contributed by atoms with Gasteiger partial charge in [0, 0.05) is 37.0 Å². The van der Waals surface area contributed by atoms with Gasteiger partial charge in [-0.05, 0) is 41.0 Å². The van der Waals surface area contributed by atoms with Crippen LogP contribution >= 0.6 is 0 Å². The molecule has 0 aromatic rings. The van der Waals surface area contributed by atoms with Crippen LogP contribution in [0.4, 0.5) is 0 Å². The highest BCUT2D eigenvalue weighted by molar-refractivity contribution is 6.60. The third kappa shape index (κ3) is 12.8. The van der Waals surface area contributed by atoms with E-state index in [1.807, 2.05) is 20.8 Å². The van der Waals surface area contributed by atoms with Crippen molar-refractivity contribution in [1.29, 1.82) is 0 Å². The van der Waals surface area contributed by atoms with Gasteiger partial charge in [-0.2, -0.15) is 0 Å². The van der Waals surface area contributed by atoms with Crippen molar-refractivity contribution in [2.45, 2.75) is 47.1 Å². The summed E-state index contributed by atoms with van der Waals surface area (Å²) in [6.45, 7) is 17.9.